The van der Waals surface area contributed by atoms with Gasteiger partial charge in [0.2, 0.25) is 5.91 Å². The number of carbonyl (C=O) groups is 1. The summed E-state index contributed by atoms with van der Waals surface area (Å²) in [7, 11) is 3.26. The molecule has 47 valence electrons. The fourth-order valence-electron chi connectivity index (χ4n) is 0.360. The average Bonchev–Trinajstić information content (AvgIpc) is 1.84. The molecular formula is C6H12NO. The summed E-state index contributed by atoms with van der Waals surface area (Å²) in [6.45, 7) is 3.85. The van der Waals surface area contributed by atoms with Crippen LogP contribution in [0.1, 0.15) is 20.3 Å². The Morgan fingerprint density at radius 1 is 1.88 bits per heavy atom. The van der Waals surface area contributed by atoms with Gasteiger partial charge in [-0.1, -0.05) is 13.8 Å². The van der Waals surface area contributed by atoms with Gasteiger partial charge in [0.05, 0.1) is 0 Å². The molecule has 8 heavy (non-hydrogen) atoms. The van der Waals surface area contributed by atoms with E-state index in [-0.39, 0.29) is 11.8 Å². The minimum atomic E-state index is 0.0208. The van der Waals surface area contributed by atoms with E-state index in [0.29, 0.717) is 0 Å². The molecule has 0 aromatic heterocycles. The summed E-state index contributed by atoms with van der Waals surface area (Å²) >= 11 is 0. The molecule has 0 fully saturated rings. The first kappa shape index (κ1) is 7.47. The highest BCUT2D eigenvalue weighted by Gasteiger charge is 2.05. The predicted octanol–water partition coefficient (Wildman–Crippen LogP) is 0.940. The summed E-state index contributed by atoms with van der Waals surface area (Å²) in [6, 6.07) is 0. The van der Waals surface area contributed by atoms with Gasteiger partial charge < -0.3 is 5.32 Å². The van der Waals surface area contributed by atoms with Crippen LogP contribution >= 0.6 is 0 Å². The molecule has 0 spiro atoms. The van der Waals surface area contributed by atoms with Gasteiger partial charge >= 0.3 is 0 Å². The number of amides is 1. The van der Waals surface area contributed by atoms with Crippen molar-refractivity contribution in [3.63, 3.8) is 0 Å². The van der Waals surface area contributed by atoms with E-state index in [1.165, 1.54) is 0 Å². The normalized spacial score (nSPS) is 12.9. The number of carbonyl (C=O) groups excluding carboxylic acids is 1. The lowest BCUT2D eigenvalue weighted by molar-refractivity contribution is -0.123. The summed E-state index contributed by atoms with van der Waals surface area (Å²) in [5, 5.41) is 2.33. The van der Waals surface area contributed by atoms with Crippen LogP contribution < -0.4 is 5.32 Å². The van der Waals surface area contributed by atoms with Crippen LogP contribution in [0.2, 0.25) is 0 Å². The fraction of sp³-hybridized carbons (Fsp3) is 0.667. The second kappa shape index (κ2) is 3.47. The van der Waals surface area contributed by atoms with Crippen molar-refractivity contribution in [1.82, 2.24) is 5.32 Å². The van der Waals surface area contributed by atoms with Crippen molar-refractivity contribution in [1.29, 1.82) is 0 Å². The molecule has 2 nitrogen and oxygen atoms in total. The van der Waals surface area contributed by atoms with E-state index in [1.807, 2.05) is 13.8 Å². The van der Waals surface area contributed by atoms with Crippen LogP contribution in [-0.2, 0) is 4.79 Å². The van der Waals surface area contributed by atoms with E-state index in [0.717, 1.165) is 6.42 Å². The molecule has 0 aliphatic carbocycles. The van der Waals surface area contributed by atoms with Crippen molar-refractivity contribution >= 4 is 5.91 Å². The topological polar surface area (TPSA) is 29.1 Å². The lowest BCUT2D eigenvalue weighted by Gasteiger charge is -2.03. The smallest absolute Gasteiger partial charge is 0.222 e. The van der Waals surface area contributed by atoms with Crippen LogP contribution in [0.25, 0.3) is 0 Å². The van der Waals surface area contributed by atoms with Gasteiger partial charge in [-0.15, -0.1) is 0 Å². The second-order valence-corrected chi connectivity index (χ2v) is 1.85. The van der Waals surface area contributed by atoms with E-state index in [1.54, 1.807) is 0 Å². The van der Waals surface area contributed by atoms with Crippen LogP contribution in [0, 0.1) is 13.0 Å². The Bertz CT molecular complexity index is 80.6. The highest BCUT2D eigenvalue weighted by Crippen LogP contribution is 1.98. The Balaban J connectivity index is 3.46. The third-order valence-electron chi connectivity index (χ3n) is 1.23. The van der Waals surface area contributed by atoms with Gasteiger partial charge in [0.1, 0.15) is 0 Å². The van der Waals surface area contributed by atoms with Crippen LogP contribution in [-0.4, -0.2) is 5.91 Å². The zero-order chi connectivity index (χ0) is 6.57. The first-order valence-corrected chi connectivity index (χ1v) is 2.79. The number of rotatable bonds is 2. The molecule has 1 atom stereocenters. The summed E-state index contributed by atoms with van der Waals surface area (Å²) < 4.78 is 0. The summed E-state index contributed by atoms with van der Waals surface area (Å²) in [6.07, 6.45) is 0.876. The fourth-order valence-corrected chi connectivity index (χ4v) is 0.360. The van der Waals surface area contributed by atoms with Crippen LogP contribution in [0.4, 0.5) is 0 Å². The quantitative estimate of drug-likeness (QED) is 0.568. The Morgan fingerprint density at radius 2 is 2.38 bits per heavy atom. The molecule has 1 unspecified atom stereocenters. The molecule has 0 saturated carbocycles. The van der Waals surface area contributed by atoms with Gasteiger partial charge in [0, 0.05) is 13.0 Å². The molecule has 2 heteroatoms. The van der Waals surface area contributed by atoms with Gasteiger partial charge in [-0.25, -0.2) is 0 Å². The minimum Gasteiger partial charge on any atom is -0.354 e. The van der Waals surface area contributed by atoms with Crippen LogP contribution in [0.15, 0.2) is 0 Å². The van der Waals surface area contributed by atoms with Crippen molar-refractivity contribution in [2.24, 2.45) is 5.92 Å². The zero-order valence-corrected chi connectivity index (χ0v) is 5.40. The summed E-state index contributed by atoms with van der Waals surface area (Å²) in [5.41, 5.74) is 0. The molecule has 0 aromatic carbocycles. The molecule has 1 radical (unpaired) electrons. The second-order valence-electron chi connectivity index (χ2n) is 1.85. The first-order valence-electron chi connectivity index (χ1n) is 2.79. The molecule has 0 rings (SSSR count). The van der Waals surface area contributed by atoms with Gasteiger partial charge in [0.15, 0.2) is 0 Å². The molecular weight excluding hydrogens is 102 g/mol. The van der Waals surface area contributed by atoms with Gasteiger partial charge in [-0.2, -0.15) is 0 Å². The van der Waals surface area contributed by atoms with Crippen LogP contribution in [0.3, 0.4) is 0 Å². The Morgan fingerprint density at radius 3 is 2.50 bits per heavy atom. The van der Waals surface area contributed by atoms with E-state index < -0.39 is 0 Å². The molecule has 0 aliphatic heterocycles. The monoisotopic (exact) mass is 114 g/mol. The van der Waals surface area contributed by atoms with Crippen molar-refractivity contribution in [2.45, 2.75) is 20.3 Å². The van der Waals surface area contributed by atoms with Crippen molar-refractivity contribution in [3.05, 3.63) is 7.05 Å². The van der Waals surface area contributed by atoms with Crippen molar-refractivity contribution in [2.75, 3.05) is 0 Å². The lowest BCUT2D eigenvalue weighted by Crippen LogP contribution is -2.22. The highest BCUT2D eigenvalue weighted by molar-refractivity contribution is 5.78. The van der Waals surface area contributed by atoms with Gasteiger partial charge in [-0.05, 0) is 6.42 Å². The molecule has 0 aromatic rings. The Hall–Kier alpha value is -0.530. The SMILES string of the molecule is [CH2]NC(=O)C(C)CC. The van der Waals surface area contributed by atoms with Crippen LogP contribution in [0.5, 0.6) is 0 Å². The minimum absolute atomic E-state index is 0.0208. The van der Waals surface area contributed by atoms with Crippen molar-refractivity contribution in [3.8, 4) is 0 Å². The average molecular weight is 114 g/mol. The molecule has 0 heterocycles. The van der Waals surface area contributed by atoms with Crippen molar-refractivity contribution < 1.29 is 4.79 Å². The van der Waals surface area contributed by atoms with E-state index in [9.17, 15) is 4.79 Å². The van der Waals surface area contributed by atoms with E-state index >= 15 is 0 Å². The molecule has 1 N–H and O–H groups in total. The largest absolute Gasteiger partial charge is 0.354 e. The molecule has 1 amide bonds. The highest BCUT2D eigenvalue weighted by atomic mass is 16.1. The predicted molar refractivity (Wildman–Crippen MR) is 33.0 cm³/mol. The summed E-state index contributed by atoms with van der Waals surface area (Å²) in [5.74, 6) is 0.125. The van der Waals surface area contributed by atoms with Gasteiger partial charge in [0.25, 0.3) is 0 Å². The third-order valence-corrected chi connectivity index (χ3v) is 1.23. The molecule has 0 aliphatic rings. The van der Waals surface area contributed by atoms with E-state index in [4.69, 9.17) is 0 Å². The number of hydrogen-bond donors (Lipinski definition) is 1. The molecule has 0 saturated heterocycles. The lowest BCUT2D eigenvalue weighted by atomic mass is 10.1. The zero-order valence-electron chi connectivity index (χ0n) is 5.40. The number of hydrogen-bond acceptors (Lipinski definition) is 1. The third kappa shape index (κ3) is 1.96. The standard InChI is InChI=1S/C6H12NO/c1-4-5(2)6(8)7-3/h5H,3-4H2,1-2H3,(H,7,8). The first-order chi connectivity index (χ1) is 3.72. The maximum atomic E-state index is 10.6. The molecule has 0 bridgehead atoms. The van der Waals surface area contributed by atoms with E-state index in [2.05, 4.69) is 12.4 Å². The summed E-state index contributed by atoms with van der Waals surface area (Å²) in [4.78, 5) is 10.6. The Kier molecular flexibility index (Phi) is 3.24. The maximum absolute atomic E-state index is 10.6. The maximum Gasteiger partial charge on any atom is 0.222 e. The Labute approximate surface area is 50.3 Å². The van der Waals surface area contributed by atoms with Gasteiger partial charge in [-0.3, -0.25) is 4.79 Å². The number of nitrogens with one attached hydrogen (secondary N) is 1.